The van der Waals surface area contributed by atoms with Crippen LogP contribution in [0.15, 0.2) is 30.3 Å². The molecule has 76 valence electrons. The SMILES string of the molecule is Cc1ccc(/C=C\C[Si](C)(C)C)cc1. The van der Waals surface area contributed by atoms with E-state index in [1.165, 1.54) is 17.2 Å². The van der Waals surface area contributed by atoms with Gasteiger partial charge in [-0.05, 0) is 18.5 Å². The minimum Gasteiger partial charge on any atom is -0.0866 e. The van der Waals surface area contributed by atoms with Gasteiger partial charge in [0.25, 0.3) is 0 Å². The Hall–Kier alpha value is -0.823. The van der Waals surface area contributed by atoms with Gasteiger partial charge < -0.3 is 0 Å². The van der Waals surface area contributed by atoms with Gasteiger partial charge in [0, 0.05) is 8.07 Å². The van der Waals surface area contributed by atoms with E-state index in [1.807, 2.05) is 0 Å². The molecule has 0 amide bonds. The van der Waals surface area contributed by atoms with Crippen LogP contribution in [0, 0.1) is 6.92 Å². The molecule has 0 aliphatic heterocycles. The summed E-state index contributed by atoms with van der Waals surface area (Å²) >= 11 is 0. The summed E-state index contributed by atoms with van der Waals surface area (Å²) in [7, 11) is -0.909. The highest BCUT2D eigenvalue weighted by molar-refractivity contribution is 6.76. The smallest absolute Gasteiger partial charge is 0.0480 e. The van der Waals surface area contributed by atoms with Crippen molar-refractivity contribution in [1.29, 1.82) is 0 Å². The van der Waals surface area contributed by atoms with Crippen molar-refractivity contribution in [3.8, 4) is 0 Å². The fourth-order valence-electron chi connectivity index (χ4n) is 1.23. The Morgan fingerprint density at radius 3 is 2.14 bits per heavy atom. The van der Waals surface area contributed by atoms with Crippen molar-refractivity contribution in [3.05, 3.63) is 41.5 Å². The third kappa shape index (κ3) is 4.42. The van der Waals surface area contributed by atoms with Crippen LogP contribution in [0.4, 0.5) is 0 Å². The molecule has 0 unspecified atom stereocenters. The molecule has 0 saturated carbocycles. The summed E-state index contributed by atoms with van der Waals surface area (Å²) in [4.78, 5) is 0. The van der Waals surface area contributed by atoms with E-state index in [4.69, 9.17) is 0 Å². The van der Waals surface area contributed by atoms with E-state index in [0.717, 1.165) is 0 Å². The predicted octanol–water partition coefficient (Wildman–Crippen LogP) is 4.35. The Balaban J connectivity index is 2.57. The van der Waals surface area contributed by atoms with Crippen LogP contribution >= 0.6 is 0 Å². The lowest BCUT2D eigenvalue weighted by atomic mass is 10.1. The zero-order valence-corrected chi connectivity index (χ0v) is 10.7. The van der Waals surface area contributed by atoms with Gasteiger partial charge in [0.1, 0.15) is 0 Å². The van der Waals surface area contributed by atoms with Crippen LogP contribution in [-0.2, 0) is 0 Å². The first-order valence-electron chi connectivity index (χ1n) is 5.21. The first-order valence-corrected chi connectivity index (χ1v) is 8.91. The van der Waals surface area contributed by atoms with Gasteiger partial charge in [-0.25, -0.2) is 0 Å². The molecule has 0 nitrogen and oxygen atoms in total. The van der Waals surface area contributed by atoms with Crippen LogP contribution in [0.25, 0.3) is 6.08 Å². The number of hydrogen-bond donors (Lipinski definition) is 0. The van der Waals surface area contributed by atoms with Gasteiger partial charge in [-0.2, -0.15) is 0 Å². The monoisotopic (exact) mass is 204 g/mol. The lowest BCUT2D eigenvalue weighted by molar-refractivity contribution is 1.46. The molecule has 0 aliphatic carbocycles. The molecule has 0 atom stereocenters. The second-order valence-corrected chi connectivity index (χ2v) is 10.6. The van der Waals surface area contributed by atoms with Crippen LogP contribution in [0.1, 0.15) is 11.1 Å². The van der Waals surface area contributed by atoms with Crippen molar-refractivity contribution in [2.75, 3.05) is 0 Å². The average molecular weight is 204 g/mol. The summed E-state index contributed by atoms with van der Waals surface area (Å²) in [5.41, 5.74) is 2.64. The summed E-state index contributed by atoms with van der Waals surface area (Å²) in [5, 5.41) is 0. The Labute approximate surface area is 88.7 Å². The Morgan fingerprint density at radius 1 is 1.07 bits per heavy atom. The molecule has 1 aromatic rings. The molecular weight excluding hydrogens is 184 g/mol. The third-order valence-corrected chi connectivity index (χ3v) is 3.58. The van der Waals surface area contributed by atoms with E-state index in [-0.39, 0.29) is 0 Å². The van der Waals surface area contributed by atoms with Crippen LogP contribution in [-0.4, -0.2) is 8.07 Å². The van der Waals surface area contributed by atoms with Crippen molar-refractivity contribution in [2.45, 2.75) is 32.6 Å². The molecule has 0 spiro atoms. The molecule has 0 fully saturated rings. The molecule has 0 bridgehead atoms. The summed E-state index contributed by atoms with van der Waals surface area (Å²) in [6.07, 6.45) is 4.55. The van der Waals surface area contributed by atoms with Crippen molar-refractivity contribution in [2.24, 2.45) is 0 Å². The maximum Gasteiger partial charge on any atom is 0.0480 e. The lowest BCUT2D eigenvalue weighted by Gasteiger charge is -2.11. The van der Waals surface area contributed by atoms with E-state index in [2.05, 4.69) is 63.0 Å². The minimum absolute atomic E-state index is 0.909. The van der Waals surface area contributed by atoms with Gasteiger partial charge in [0.05, 0.1) is 0 Å². The highest BCUT2D eigenvalue weighted by Gasteiger charge is 2.09. The second kappa shape index (κ2) is 4.60. The number of hydrogen-bond acceptors (Lipinski definition) is 0. The second-order valence-electron chi connectivity index (χ2n) is 5.08. The zero-order valence-electron chi connectivity index (χ0n) is 9.67. The molecule has 14 heavy (non-hydrogen) atoms. The first kappa shape index (κ1) is 11.3. The summed E-state index contributed by atoms with van der Waals surface area (Å²) in [5.74, 6) is 0. The molecule has 0 aliphatic rings. The van der Waals surface area contributed by atoms with Gasteiger partial charge in [-0.15, -0.1) is 0 Å². The Morgan fingerprint density at radius 2 is 1.64 bits per heavy atom. The normalized spacial score (nSPS) is 12.3. The zero-order chi connectivity index (χ0) is 10.6. The van der Waals surface area contributed by atoms with E-state index in [1.54, 1.807) is 0 Å². The highest BCUT2D eigenvalue weighted by Crippen LogP contribution is 2.11. The summed E-state index contributed by atoms with van der Waals surface area (Å²) in [6.45, 7) is 9.31. The molecule has 0 aromatic heterocycles. The first-order chi connectivity index (χ1) is 6.47. The number of allylic oxidation sites excluding steroid dienone is 1. The summed E-state index contributed by atoms with van der Waals surface area (Å²) in [6, 6.07) is 9.94. The standard InChI is InChI=1S/C13H20Si/c1-12-7-9-13(10-8-12)6-5-11-14(2,3)4/h5-10H,11H2,1-4H3/b6-5-. The minimum atomic E-state index is -0.909. The van der Waals surface area contributed by atoms with E-state index in [9.17, 15) is 0 Å². The molecular formula is C13H20Si. The van der Waals surface area contributed by atoms with E-state index >= 15 is 0 Å². The van der Waals surface area contributed by atoms with Crippen molar-refractivity contribution in [3.63, 3.8) is 0 Å². The van der Waals surface area contributed by atoms with Crippen LogP contribution in [0.5, 0.6) is 0 Å². The molecule has 0 saturated heterocycles. The van der Waals surface area contributed by atoms with E-state index in [0.29, 0.717) is 0 Å². The van der Waals surface area contributed by atoms with Crippen LogP contribution < -0.4 is 0 Å². The van der Waals surface area contributed by atoms with Gasteiger partial charge in [0.2, 0.25) is 0 Å². The predicted molar refractivity (Wildman–Crippen MR) is 68.4 cm³/mol. The van der Waals surface area contributed by atoms with Gasteiger partial charge in [-0.3, -0.25) is 0 Å². The highest BCUT2D eigenvalue weighted by atomic mass is 28.3. The number of rotatable bonds is 3. The average Bonchev–Trinajstić information content (AvgIpc) is 2.06. The van der Waals surface area contributed by atoms with Gasteiger partial charge in [-0.1, -0.05) is 61.6 Å². The van der Waals surface area contributed by atoms with E-state index < -0.39 is 8.07 Å². The van der Waals surface area contributed by atoms with Crippen LogP contribution in [0.3, 0.4) is 0 Å². The van der Waals surface area contributed by atoms with Gasteiger partial charge in [0.15, 0.2) is 0 Å². The molecule has 1 heteroatoms. The quantitative estimate of drug-likeness (QED) is 0.642. The van der Waals surface area contributed by atoms with Crippen molar-refractivity contribution in [1.82, 2.24) is 0 Å². The fraction of sp³-hybridized carbons (Fsp3) is 0.385. The maximum absolute atomic E-state index is 2.40. The Kier molecular flexibility index (Phi) is 3.70. The summed E-state index contributed by atoms with van der Waals surface area (Å²) < 4.78 is 0. The molecule has 1 rings (SSSR count). The largest absolute Gasteiger partial charge is 0.0866 e. The van der Waals surface area contributed by atoms with Crippen LogP contribution in [0.2, 0.25) is 25.7 Å². The fourth-order valence-corrected chi connectivity index (χ4v) is 2.05. The number of benzene rings is 1. The topological polar surface area (TPSA) is 0 Å². The van der Waals surface area contributed by atoms with Crippen molar-refractivity contribution < 1.29 is 0 Å². The number of aryl methyl sites for hydroxylation is 1. The Bertz CT molecular complexity index is 301. The third-order valence-electron chi connectivity index (χ3n) is 2.12. The molecule has 0 radical (unpaired) electrons. The van der Waals surface area contributed by atoms with Gasteiger partial charge >= 0.3 is 0 Å². The molecule has 0 N–H and O–H groups in total. The molecule has 1 aromatic carbocycles. The lowest BCUT2D eigenvalue weighted by Crippen LogP contribution is -2.17. The maximum atomic E-state index is 2.40. The van der Waals surface area contributed by atoms with Crippen molar-refractivity contribution >= 4 is 14.1 Å². The molecule has 0 heterocycles.